The number of benzene rings is 2. The van der Waals surface area contributed by atoms with E-state index in [-0.39, 0.29) is 11.3 Å². The number of amides is 2. The van der Waals surface area contributed by atoms with Gasteiger partial charge in [-0.1, -0.05) is 34.1 Å². The SMILES string of the molecule is O=C(/C=C/c1ccc(Br)cc1)NNC(=O)c1cccc([N+](=O)[O-])c1. The highest BCUT2D eigenvalue weighted by Gasteiger charge is 2.11. The number of nitro groups is 1. The average Bonchev–Trinajstić information content (AvgIpc) is 2.59. The van der Waals surface area contributed by atoms with Gasteiger partial charge >= 0.3 is 0 Å². The van der Waals surface area contributed by atoms with Gasteiger partial charge in [0.05, 0.1) is 4.92 Å². The molecule has 2 rings (SSSR count). The molecule has 2 aromatic rings. The van der Waals surface area contributed by atoms with Gasteiger partial charge < -0.3 is 0 Å². The molecule has 0 bridgehead atoms. The first-order valence-corrected chi connectivity index (χ1v) is 7.53. The van der Waals surface area contributed by atoms with Gasteiger partial charge in [-0.05, 0) is 29.8 Å². The molecule has 0 saturated heterocycles. The number of hydrogen-bond donors (Lipinski definition) is 2. The van der Waals surface area contributed by atoms with Gasteiger partial charge in [0, 0.05) is 28.2 Å². The van der Waals surface area contributed by atoms with Crippen molar-refractivity contribution in [3.05, 3.63) is 80.3 Å². The Morgan fingerprint density at radius 1 is 1.08 bits per heavy atom. The summed E-state index contributed by atoms with van der Waals surface area (Å²) in [6.07, 6.45) is 2.85. The lowest BCUT2D eigenvalue weighted by Crippen LogP contribution is -2.40. The first-order chi connectivity index (χ1) is 11.5. The number of nitrogens with zero attached hydrogens (tertiary/aromatic N) is 1. The molecule has 2 aromatic carbocycles. The first-order valence-electron chi connectivity index (χ1n) is 6.74. The van der Waals surface area contributed by atoms with Gasteiger partial charge in [0.25, 0.3) is 17.5 Å². The van der Waals surface area contributed by atoms with E-state index < -0.39 is 16.7 Å². The number of rotatable bonds is 4. The lowest BCUT2D eigenvalue weighted by atomic mass is 10.2. The van der Waals surface area contributed by atoms with Gasteiger partial charge in [0.1, 0.15) is 0 Å². The van der Waals surface area contributed by atoms with Crippen LogP contribution in [0.5, 0.6) is 0 Å². The summed E-state index contributed by atoms with van der Waals surface area (Å²) < 4.78 is 0.924. The average molecular weight is 390 g/mol. The monoisotopic (exact) mass is 389 g/mol. The molecule has 24 heavy (non-hydrogen) atoms. The van der Waals surface area contributed by atoms with Crippen LogP contribution in [0, 0.1) is 10.1 Å². The number of nitrogens with one attached hydrogen (secondary N) is 2. The standard InChI is InChI=1S/C16H12BrN3O4/c17-13-7-4-11(5-8-13)6-9-15(21)18-19-16(22)12-2-1-3-14(10-12)20(23)24/h1-10H,(H,18,21)(H,19,22)/b9-6+. The van der Waals surface area contributed by atoms with Gasteiger partial charge in [-0.3, -0.25) is 30.6 Å². The minimum absolute atomic E-state index is 0.0707. The van der Waals surface area contributed by atoms with Gasteiger partial charge in [0.15, 0.2) is 0 Å². The van der Waals surface area contributed by atoms with E-state index in [4.69, 9.17) is 0 Å². The van der Waals surface area contributed by atoms with Crippen LogP contribution in [0.25, 0.3) is 6.08 Å². The summed E-state index contributed by atoms with van der Waals surface area (Å²) in [6, 6.07) is 12.5. The highest BCUT2D eigenvalue weighted by molar-refractivity contribution is 9.10. The zero-order chi connectivity index (χ0) is 17.5. The Morgan fingerprint density at radius 2 is 1.79 bits per heavy atom. The molecule has 0 fully saturated rings. The van der Waals surface area contributed by atoms with E-state index in [2.05, 4.69) is 26.8 Å². The summed E-state index contributed by atoms with van der Waals surface area (Å²) >= 11 is 3.31. The van der Waals surface area contributed by atoms with E-state index in [0.29, 0.717) is 0 Å². The lowest BCUT2D eigenvalue weighted by Gasteiger charge is -2.05. The third-order valence-corrected chi connectivity index (χ3v) is 3.44. The van der Waals surface area contributed by atoms with Gasteiger partial charge in [-0.15, -0.1) is 0 Å². The smallest absolute Gasteiger partial charge is 0.268 e. The van der Waals surface area contributed by atoms with Crippen LogP contribution in [0.3, 0.4) is 0 Å². The van der Waals surface area contributed by atoms with Crippen molar-refractivity contribution in [1.29, 1.82) is 0 Å². The zero-order valence-electron chi connectivity index (χ0n) is 12.2. The molecule has 0 aliphatic rings. The molecule has 8 heteroatoms. The highest BCUT2D eigenvalue weighted by atomic mass is 79.9. The Kier molecular flexibility index (Phi) is 5.80. The molecule has 0 radical (unpaired) electrons. The van der Waals surface area contributed by atoms with Crippen molar-refractivity contribution >= 4 is 39.5 Å². The number of halogens is 1. The summed E-state index contributed by atoms with van der Waals surface area (Å²) in [5, 5.41) is 10.7. The van der Waals surface area contributed by atoms with Gasteiger partial charge in [-0.2, -0.15) is 0 Å². The first kappa shape index (κ1) is 17.4. The number of non-ortho nitro benzene ring substituents is 1. The molecule has 0 spiro atoms. The molecule has 0 unspecified atom stereocenters. The topological polar surface area (TPSA) is 101 Å². The van der Waals surface area contributed by atoms with E-state index in [9.17, 15) is 19.7 Å². The van der Waals surface area contributed by atoms with Crippen molar-refractivity contribution in [1.82, 2.24) is 10.9 Å². The van der Waals surface area contributed by atoms with Crippen LogP contribution in [0.2, 0.25) is 0 Å². The molecule has 2 amide bonds. The minimum atomic E-state index is -0.649. The maximum atomic E-state index is 11.9. The fraction of sp³-hybridized carbons (Fsp3) is 0. The maximum Gasteiger partial charge on any atom is 0.270 e. The molecule has 0 aliphatic carbocycles. The highest BCUT2D eigenvalue weighted by Crippen LogP contribution is 2.13. The molecule has 0 atom stereocenters. The summed E-state index contributed by atoms with van der Waals surface area (Å²) in [5.41, 5.74) is 5.08. The van der Waals surface area contributed by atoms with Crippen LogP contribution in [0.15, 0.2) is 59.1 Å². The number of hydrazine groups is 1. The Bertz CT molecular complexity index is 803. The van der Waals surface area contributed by atoms with Crippen molar-refractivity contribution in [2.24, 2.45) is 0 Å². The van der Waals surface area contributed by atoms with Crippen LogP contribution >= 0.6 is 15.9 Å². The fourth-order valence-electron chi connectivity index (χ4n) is 1.74. The second-order valence-electron chi connectivity index (χ2n) is 4.64. The number of hydrogen-bond acceptors (Lipinski definition) is 4. The van der Waals surface area contributed by atoms with Crippen molar-refractivity contribution < 1.29 is 14.5 Å². The van der Waals surface area contributed by atoms with Crippen LogP contribution in [0.4, 0.5) is 5.69 Å². The number of carbonyl (C=O) groups is 2. The molecule has 122 valence electrons. The molecule has 0 aromatic heterocycles. The summed E-state index contributed by atoms with van der Waals surface area (Å²) in [4.78, 5) is 33.6. The molecule has 0 saturated carbocycles. The third kappa shape index (κ3) is 5.03. The van der Waals surface area contributed by atoms with Crippen LogP contribution in [0.1, 0.15) is 15.9 Å². The van der Waals surface area contributed by atoms with E-state index >= 15 is 0 Å². The molecule has 0 heterocycles. The third-order valence-electron chi connectivity index (χ3n) is 2.92. The quantitative estimate of drug-likeness (QED) is 0.476. The summed E-state index contributed by atoms with van der Waals surface area (Å²) in [6.45, 7) is 0. The zero-order valence-corrected chi connectivity index (χ0v) is 13.8. The minimum Gasteiger partial charge on any atom is -0.268 e. The van der Waals surface area contributed by atoms with Crippen molar-refractivity contribution in [2.45, 2.75) is 0 Å². The maximum absolute atomic E-state index is 11.9. The Labute approximate surface area is 145 Å². The van der Waals surface area contributed by atoms with Gasteiger partial charge in [-0.25, -0.2) is 0 Å². The van der Waals surface area contributed by atoms with Crippen LogP contribution < -0.4 is 10.9 Å². The van der Waals surface area contributed by atoms with Crippen molar-refractivity contribution in [3.63, 3.8) is 0 Å². The normalized spacial score (nSPS) is 10.4. The predicted octanol–water partition coefficient (Wildman–Crippen LogP) is 2.83. The van der Waals surface area contributed by atoms with E-state index in [1.54, 1.807) is 6.08 Å². The largest absolute Gasteiger partial charge is 0.270 e. The number of carbonyl (C=O) groups excluding carboxylic acids is 2. The van der Waals surface area contributed by atoms with Crippen LogP contribution in [-0.4, -0.2) is 16.7 Å². The predicted molar refractivity (Wildman–Crippen MR) is 91.9 cm³/mol. The molecule has 7 nitrogen and oxygen atoms in total. The fourth-order valence-corrected chi connectivity index (χ4v) is 2.00. The lowest BCUT2D eigenvalue weighted by molar-refractivity contribution is -0.384. The van der Waals surface area contributed by atoms with E-state index in [1.165, 1.54) is 24.3 Å². The number of nitro benzene ring substituents is 1. The molecule has 2 N–H and O–H groups in total. The molecule has 0 aliphatic heterocycles. The molecular formula is C16H12BrN3O4. The van der Waals surface area contributed by atoms with Gasteiger partial charge in [0.2, 0.25) is 0 Å². The Hall–Kier alpha value is -3.00. The van der Waals surface area contributed by atoms with Crippen molar-refractivity contribution in [2.75, 3.05) is 0 Å². The Morgan fingerprint density at radius 3 is 2.46 bits per heavy atom. The Balaban J connectivity index is 1.91. The second kappa shape index (κ2) is 8.02. The summed E-state index contributed by atoms with van der Waals surface area (Å²) in [5.74, 6) is -1.18. The van der Waals surface area contributed by atoms with Crippen LogP contribution in [-0.2, 0) is 4.79 Å². The second-order valence-corrected chi connectivity index (χ2v) is 5.55. The molecular weight excluding hydrogens is 378 g/mol. The van der Waals surface area contributed by atoms with E-state index in [1.807, 2.05) is 24.3 Å². The van der Waals surface area contributed by atoms with Crippen molar-refractivity contribution in [3.8, 4) is 0 Å². The van der Waals surface area contributed by atoms with E-state index in [0.717, 1.165) is 16.1 Å². The summed E-state index contributed by atoms with van der Waals surface area (Å²) in [7, 11) is 0.